The number of nitrogens with zero attached hydrogens (tertiary/aromatic N) is 1. The molecule has 0 aromatic carbocycles. The van der Waals surface area contributed by atoms with Gasteiger partial charge < -0.3 is 10.8 Å². The second kappa shape index (κ2) is 3.84. The van der Waals surface area contributed by atoms with Crippen LogP contribution >= 0.6 is 23.1 Å². The number of carboxylic acid groups (broad SMARTS) is 1. The summed E-state index contributed by atoms with van der Waals surface area (Å²) in [4.78, 5) is 20.5. The Morgan fingerprint density at radius 1 is 1.71 bits per heavy atom. The van der Waals surface area contributed by atoms with Crippen molar-refractivity contribution in [3.8, 4) is 0 Å². The minimum Gasteiger partial charge on any atom is -0.478 e. The maximum absolute atomic E-state index is 10.7. The van der Waals surface area contributed by atoms with Gasteiger partial charge in [-0.2, -0.15) is 0 Å². The number of nitro groups is 1. The molecule has 0 aliphatic rings. The number of hydrogen-bond donors (Lipinski definition) is 2. The van der Waals surface area contributed by atoms with Crippen LogP contribution in [-0.2, 0) is 0 Å². The van der Waals surface area contributed by atoms with Gasteiger partial charge in [0.05, 0.1) is 9.13 Å². The van der Waals surface area contributed by atoms with Crippen molar-refractivity contribution in [2.75, 3.05) is 12.0 Å². The van der Waals surface area contributed by atoms with Crippen LogP contribution in [0.15, 0.2) is 4.21 Å². The molecular weight excluding hydrogens is 228 g/mol. The first-order chi connectivity index (χ1) is 6.49. The van der Waals surface area contributed by atoms with E-state index in [2.05, 4.69) is 0 Å². The summed E-state index contributed by atoms with van der Waals surface area (Å²) < 4.78 is 0.349. The van der Waals surface area contributed by atoms with Gasteiger partial charge in [-0.05, 0) is 6.26 Å². The Labute approximate surface area is 86.9 Å². The average molecular weight is 234 g/mol. The van der Waals surface area contributed by atoms with Crippen molar-refractivity contribution in [3.05, 3.63) is 15.7 Å². The van der Waals surface area contributed by atoms with Gasteiger partial charge in [-0.15, -0.1) is 11.8 Å². The van der Waals surface area contributed by atoms with Crippen LogP contribution in [0.3, 0.4) is 0 Å². The molecule has 3 N–H and O–H groups in total. The highest BCUT2D eigenvalue weighted by molar-refractivity contribution is 8.00. The SMILES string of the molecule is CSc1sc([N+](=O)[O-])c(N)c1C(=O)O. The molecule has 0 amide bonds. The zero-order valence-corrected chi connectivity index (χ0v) is 8.65. The van der Waals surface area contributed by atoms with E-state index in [1.165, 1.54) is 0 Å². The first-order valence-corrected chi connectivity index (χ1v) is 5.37. The molecule has 1 heterocycles. The molecule has 0 saturated carbocycles. The Balaban J connectivity index is 3.40. The van der Waals surface area contributed by atoms with Gasteiger partial charge >= 0.3 is 11.0 Å². The lowest BCUT2D eigenvalue weighted by Crippen LogP contribution is -2.01. The Hall–Kier alpha value is -1.28. The third-order valence-corrected chi connectivity index (χ3v) is 3.74. The van der Waals surface area contributed by atoms with Gasteiger partial charge in [-0.25, -0.2) is 4.79 Å². The normalized spacial score (nSPS) is 10.1. The molecule has 0 saturated heterocycles. The van der Waals surface area contributed by atoms with E-state index in [0.29, 0.717) is 4.21 Å². The minimum atomic E-state index is -1.24. The molecule has 6 nitrogen and oxygen atoms in total. The van der Waals surface area contributed by atoms with E-state index in [-0.39, 0.29) is 16.3 Å². The van der Waals surface area contributed by atoms with E-state index >= 15 is 0 Å². The summed E-state index contributed by atoms with van der Waals surface area (Å²) in [6, 6.07) is 0. The molecular formula is C6H6N2O4S2. The third kappa shape index (κ3) is 1.66. The van der Waals surface area contributed by atoms with Crippen molar-refractivity contribution in [3.63, 3.8) is 0 Å². The molecule has 14 heavy (non-hydrogen) atoms. The van der Waals surface area contributed by atoms with E-state index in [1.54, 1.807) is 6.26 Å². The van der Waals surface area contributed by atoms with Gasteiger partial charge in [0.25, 0.3) is 0 Å². The smallest absolute Gasteiger partial charge is 0.348 e. The van der Waals surface area contributed by atoms with Crippen LogP contribution in [-0.4, -0.2) is 22.3 Å². The monoisotopic (exact) mass is 234 g/mol. The summed E-state index contributed by atoms with van der Waals surface area (Å²) in [5.41, 5.74) is 4.92. The van der Waals surface area contributed by atoms with Gasteiger partial charge in [0.15, 0.2) is 0 Å². The number of thioether (sulfide) groups is 1. The van der Waals surface area contributed by atoms with E-state index in [4.69, 9.17) is 10.8 Å². The zero-order chi connectivity index (χ0) is 10.9. The lowest BCUT2D eigenvalue weighted by atomic mass is 10.3. The highest BCUT2D eigenvalue weighted by atomic mass is 32.2. The van der Waals surface area contributed by atoms with Crippen LogP contribution in [0, 0.1) is 10.1 Å². The summed E-state index contributed by atoms with van der Waals surface area (Å²) in [5.74, 6) is -1.24. The predicted octanol–water partition coefficient (Wildman–Crippen LogP) is 1.66. The number of hydrogen-bond acceptors (Lipinski definition) is 6. The van der Waals surface area contributed by atoms with Crippen molar-refractivity contribution < 1.29 is 14.8 Å². The number of nitrogens with two attached hydrogens (primary N) is 1. The van der Waals surface area contributed by atoms with Crippen LogP contribution in [0.2, 0.25) is 0 Å². The number of thiophene rings is 1. The molecule has 0 fully saturated rings. The summed E-state index contributed by atoms with van der Waals surface area (Å²) in [7, 11) is 0. The Morgan fingerprint density at radius 3 is 2.57 bits per heavy atom. The molecule has 0 atom stereocenters. The quantitative estimate of drug-likeness (QED) is 0.468. The van der Waals surface area contributed by atoms with Crippen LogP contribution in [0.25, 0.3) is 0 Å². The van der Waals surface area contributed by atoms with Crippen LogP contribution in [0.4, 0.5) is 10.7 Å². The number of anilines is 1. The van der Waals surface area contributed by atoms with Crippen molar-refractivity contribution in [2.45, 2.75) is 4.21 Å². The van der Waals surface area contributed by atoms with Crippen molar-refractivity contribution in [1.82, 2.24) is 0 Å². The van der Waals surface area contributed by atoms with Crippen molar-refractivity contribution in [1.29, 1.82) is 0 Å². The molecule has 1 aromatic heterocycles. The van der Waals surface area contributed by atoms with Gasteiger partial charge in [0.1, 0.15) is 11.3 Å². The Kier molecular flexibility index (Phi) is 2.96. The maximum atomic E-state index is 10.7. The van der Waals surface area contributed by atoms with Crippen LogP contribution in [0.1, 0.15) is 10.4 Å². The molecule has 0 unspecified atom stereocenters. The molecule has 0 spiro atoms. The Morgan fingerprint density at radius 2 is 2.29 bits per heavy atom. The summed E-state index contributed by atoms with van der Waals surface area (Å²) >= 11 is 1.91. The fourth-order valence-corrected chi connectivity index (χ4v) is 2.63. The highest BCUT2D eigenvalue weighted by Crippen LogP contribution is 2.41. The fourth-order valence-electron chi connectivity index (χ4n) is 0.893. The van der Waals surface area contributed by atoms with Crippen molar-refractivity contribution >= 4 is 39.8 Å². The standard InChI is InChI=1S/C6H6N2O4S2/c1-13-6-2(5(9)10)3(7)4(14-6)8(11)12/h7H2,1H3,(H,9,10). The second-order valence-electron chi connectivity index (χ2n) is 2.25. The molecule has 0 bridgehead atoms. The minimum absolute atomic E-state index is 0.172. The summed E-state index contributed by atoms with van der Waals surface area (Å²) in [6.07, 6.45) is 1.64. The largest absolute Gasteiger partial charge is 0.478 e. The zero-order valence-electron chi connectivity index (χ0n) is 7.01. The van der Waals surface area contributed by atoms with Gasteiger partial charge in [0.2, 0.25) is 0 Å². The molecule has 1 rings (SSSR count). The molecule has 0 radical (unpaired) electrons. The van der Waals surface area contributed by atoms with E-state index in [0.717, 1.165) is 23.1 Å². The van der Waals surface area contributed by atoms with E-state index in [1.807, 2.05) is 0 Å². The van der Waals surface area contributed by atoms with Crippen LogP contribution < -0.4 is 5.73 Å². The maximum Gasteiger partial charge on any atom is 0.348 e. The number of carboxylic acids is 1. The predicted molar refractivity (Wildman–Crippen MR) is 54.1 cm³/mol. The first-order valence-electron chi connectivity index (χ1n) is 3.33. The number of nitrogen functional groups attached to an aromatic ring is 1. The summed E-state index contributed by atoms with van der Waals surface area (Å²) in [6.45, 7) is 0. The van der Waals surface area contributed by atoms with Crippen molar-refractivity contribution in [2.24, 2.45) is 0 Å². The molecule has 0 aliphatic heterocycles. The van der Waals surface area contributed by atoms with E-state index < -0.39 is 10.9 Å². The molecule has 0 aliphatic carbocycles. The molecule has 1 aromatic rings. The fraction of sp³-hybridized carbons (Fsp3) is 0.167. The second-order valence-corrected chi connectivity index (χ2v) is 4.32. The third-order valence-electron chi connectivity index (χ3n) is 1.46. The van der Waals surface area contributed by atoms with Gasteiger partial charge in [-0.3, -0.25) is 10.1 Å². The van der Waals surface area contributed by atoms with Crippen LogP contribution in [0.5, 0.6) is 0 Å². The highest BCUT2D eigenvalue weighted by Gasteiger charge is 2.27. The molecule has 76 valence electrons. The molecule has 8 heteroatoms. The number of carbonyl (C=O) groups is 1. The van der Waals surface area contributed by atoms with Gasteiger partial charge in [-0.1, -0.05) is 11.3 Å². The lowest BCUT2D eigenvalue weighted by Gasteiger charge is -1.93. The number of rotatable bonds is 3. The topological polar surface area (TPSA) is 106 Å². The average Bonchev–Trinajstić information content (AvgIpc) is 2.42. The lowest BCUT2D eigenvalue weighted by molar-refractivity contribution is -0.379. The summed E-state index contributed by atoms with van der Waals surface area (Å²) in [5, 5.41) is 18.9. The first kappa shape index (κ1) is 10.8. The Bertz CT molecular complexity index is 401. The van der Waals surface area contributed by atoms with Gasteiger partial charge in [0, 0.05) is 0 Å². The van der Waals surface area contributed by atoms with E-state index in [9.17, 15) is 14.9 Å². The number of aromatic carboxylic acids is 1.